The van der Waals surface area contributed by atoms with Crippen molar-refractivity contribution < 1.29 is 19.1 Å². The number of hydrogen-bond acceptors (Lipinski definition) is 5. The Kier molecular flexibility index (Phi) is 11.8. The molecule has 4 N–H and O–H groups in total. The van der Waals surface area contributed by atoms with Crippen molar-refractivity contribution in [1.82, 2.24) is 10.6 Å². The molecule has 124 valence electrons. The first kappa shape index (κ1) is 21.9. The smallest absolute Gasteiger partial charge is 0.328 e. The van der Waals surface area contributed by atoms with Crippen molar-refractivity contribution in [2.24, 2.45) is 11.7 Å². The molecule has 0 heterocycles. The lowest BCUT2D eigenvalue weighted by molar-refractivity contribution is -0.151. The molecule has 7 nitrogen and oxygen atoms in total. The molecule has 8 heteroatoms. The van der Waals surface area contributed by atoms with Crippen LogP contribution >= 0.6 is 12.4 Å². The number of hydrogen-bond donors (Lipinski definition) is 3. The third-order valence-corrected chi connectivity index (χ3v) is 2.31. The normalized spacial score (nSPS) is 11.6. The molecular formula is C13H26ClN3O4. The second-order valence-corrected chi connectivity index (χ2v) is 5.22. The second-order valence-electron chi connectivity index (χ2n) is 5.22. The van der Waals surface area contributed by atoms with Crippen LogP contribution in [0.3, 0.4) is 0 Å². The molecule has 0 aliphatic heterocycles. The lowest BCUT2D eigenvalue weighted by atomic mass is 10.0. The molecule has 0 aliphatic carbocycles. The van der Waals surface area contributed by atoms with Crippen molar-refractivity contribution in [3.05, 3.63) is 0 Å². The van der Waals surface area contributed by atoms with Gasteiger partial charge in [-0.25, -0.2) is 4.79 Å². The van der Waals surface area contributed by atoms with Gasteiger partial charge in [-0.1, -0.05) is 13.8 Å². The van der Waals surface area contributed by atoms with Crippen molar-refractivity contribution in [2.45, 2.75) is 46.3 Å². The van der Waals surface area contributed by atoms with Gasteiger partial charge in [0.15, 0.2) is 0 Å². The lowest BCUT2D eigenvalue weighted by Crippen LogP contribution is -2.47. The van der Waals surface area contributed by atoms with Crippen LogP contribution in [0.25, 0.3) is 0 Å². The Morgan fingerprint density at radius 3 is 2.10 bits per heavy atom. The van der Waals surface area contributed by atoms with E-state index in [0.29, 0.717) is 6.42 Å². The predicted molar refractivity (Wildman–Crippen MR) is 81.9 cm³/mol. The van der Waals surface area contributed by atoms with Crippen molar-refractivity contribution in [3.8, 4) is 0 Å². The highest BCUT2D eigenvalue weighted by molar-refractivity contribution is 5.88. The SMILES string of the molecule is CC(C)C[C@H](NC(=O)CNC(=O)CN)C(=O)OC(C)C.Cl. The lowest BCUT2D eigenvalue weighted by Gasteiger charge is -2.20. The minimum absolute atomic E-state index is 0. The molecule has 0 spiro atoms. The van der Waals surface area contributed by atoms with Crippen LogP contribution < -0.4 is 16.4 Å². The molecule has 0 saturated heterocycles. The largest absolute Gasteiger partial charge is 0.461 e. The van der Waals surface area contributed by atoms with Crippen LogP contribution in [0, 0.1) is 5.92 Å². The molecule has 2 amide bonds. The molecule has 1 atom stereocenters. The van der Waals surface area contributed by atoms with Gasteiger partial charge in [-0.3, -0.25) is 9.59 Å². The van der Waals surface area contributed by atoms with Crippen LogP contribution in [-0.4, -0.2) is 43.0 Å². The van der Waals surface area contributed by atoms with Crippen LogP contribution in [-0.2, 0) is 19.1 Å². The molecule has 0 radical (unpaired) electrons. The van der Waals surface area contributed by atoms with Gasteiger partial charge in [0.2, 0.25) is 11.8 Å². The number of nitrogens with one attached hydrogen (secondary N) is 2. The number of nitrogens with two attached hydrogens (primary N) is 1. The molecule has 0 aliphatic rings. The molecule has 0 rings (SSSR count). The molecule has 0 saturated carbocycles. The van der Waals surface area contributed by atoms with E-state index in [1.54, 1.807) is 13.8 Å². The average Bonchev–Trinajstić information content (AvgIpc) is 2.33. The van der Waals surface area contributed by atoms with Gasteiger partial charge in [-0.2, -0.15) is 0 Å². The summed E-state index contributed by atoms with van der Waals surface area (Å²) in [4.78, 5) is 34.5. The quantitative estimate of drug-likeness (QED) is 0.543. The van der Waals surface area contributed by atoms with E-state index in [2.05, 4.69) is 10.6 Å². The first-order valence-corrected chi connectivity index (χ1v) is 6.72. The Morgan fingerprint density at radius 2 is 1.67 bits per heavy atom. The minimum Gasteiger partial charge on any atom is -0.461 e. The van der Waals surface area contributed by atoms with E-state index in [1.165, 1.54) is 0 Å². The fourth-order valence-corrected chi connectivity index (χ4v) is 1.50. The fraction of sp³-hybridized carbons (Fsp3) is 0.769. The van der Waals surface area contributed by atoms with Gasteiger partial charge in [0.05, 0.1) is 19.2 Å². The van der Waals surface area contributed by atoms with E-state index < -0.39 is 23.8 Å². The summed E-state index contributed by atoms with van der Waals surface area (Å²) in [5.74, 6) is -1.12. The Morgan fingerprint density at radius 1 is 1.10 bits per heavy atom. The summed E-state index contributed by atoms with van der Waals surface area (Å²) >= 11 is 0. The first-order chi connectivity index (χ1) is 9.26. The maximum absolute atomic E-state index is 11.9. The Balaban J connectivity index is 0. The molecule has 0 aromatic heterocycles. The first-order valence-electron chi connectivity index (χ1n) is 6.72. The average molecular weight is 324 g/mol. The number of esters is 1. The summed E-state index contributed by atoms with van der Waals surface area (Å²) in [7, 11) is 0. The van der Waals surface area contributed by atoms with E-state index in [4.69, 9.17) is 10.5 Å². The number of carbonyl (C=O) groups excluding carboxylic acids is 3. The van der Waals surface area contributed by atoms with Gasteiger partial charge < -0.3 is 21.1 Å². The summed E-state index contributed by atoms with van der Waals surface area (Å²) < 4.78 is 5.10. The molecule has 0 unspecified atom stereocenters. The summed E-state index contributed by atoms with van der Waals surface area (Å²) in [5, 5.41) is 4.91. The maximum Gasteiger partial charge on any atom is 0.328 e. The van der Waals surface area contributed by atoms with Crippen LogP contribution in [0.2, 0.25) is 0 Å². The van der Waals surface area contributed by atoms with Gasteiger partial charge in [0.25, 0.3) is 0 Å². The zero-order chi connectivity index (χ0) is 15.7. The Hall–Kier alpha value is -1.34. The maximum atomic E-state index is 11.9. The highest BCUT2D eigenvalue weighted by Gasteiger charge is 2.24. The number of ether oxygens (including phenoxy) is 1. The third kappa shape index (κ3) is 11.0. The summed E-state index contributed by atoms with van der Waals surface area (Å²) in [6.45, 7) is 6.98. The molecule has 0 bridgehead atoms. The van der Waals surface area contributed by atoms with Gasteiger partial charge in [-0.15, -0.1) is 12.4 Å². The van der Waals surface area contributed by atoms with Crippen LogP contribution in [0.5, 0.6) is 0 Å². The standard InChI is InChI=1S/C13H25N3O4.ClH/c1-8(2)5-10(13(19)20-9(3)4)16-12(18)7-15-11(17)6-14;/h8-10H,5-7,14H2,1-4H3,(H,15,17)(H,16,18);1H/t10-;/m0./s1. The van der Waals surface area contributed by atoms with E-state index in [-0.39, 0.29) is 37.5 Å². The Bertz CT molecular complexity index is 348. The fourth-order valence-electron chi connectivity index (χ4n) is 1.50. The zero-order valence-corrected chi connectivity index (χ0v) is 13.8. The predicted octanol–water partition coefficient (Wildman–Crippen LogP) is -0.0344. The van der Waals surface area contributed by atoms with Crippen LogP contribution in [0.1, 0.15) is 34.1 Å². The monoisotopic (exact) mass is 323 g/mol. The third-order valence-electron chi connectivity index (χ3n) is 2.31. The highest BCUT2D eigenvalue weighted by Crippen LogP contribution is 2.07. The molecular weight excluding hydrogens is 298 g/mol. The minimum atomic E-state index is -0.709. The summed E-state index contributed by atoms with van der Waals surface area (Å²) in [6.07, 6.45) is 0.230. The van der Waals surface area contributed by atoms with Crippen LogP contribution in [0.15, 0.2) is 0 Å². The Labute approximate surface area is 131 Å². The molecule has 21 heavy (non-hydrogen) atoms. The number of carbonyl (C=O) groups is 3. The van der Waals surface area contributed by atoms with Crippen molar-refractivity contribution in [3.63, 3.8) is 0 Å². The van der Waals surface area contributed by atoms with Gasteiger partial charge in [-0.05, 0) is 26.2 Å². The van der Waals surface area contributed by atoms with Crippen LogP contribution in [0.4, 0.5) is 0 Å². The number of halogens is 1. The second kappa shape index (κ2) is 11.3. The van der Waals surface area contributed by atoms with E-state index in [9.17, 15) is 14.4 Å². The topological polar surface area (TPSA) is 111 Å². The van der Waals surface area contributed by atoms with Gasteiger partial charge in [0.1, 0.15) is 6.04 Å². The van der Waals surface area contributed by atoms with E-state index in [0.717, 1.165) is 0 Å². The van der Waals surface area contributed by atoms with E-state index >= 15 is 0 Å². The van der Waals surface area contributed by atoms with E-state index in [1.807, 2.05) is 13.8 Å². The van der Waals surface area contributed by atoms with Gasteiger partial charge >= 0.3 is 5.97 Å². The van der Waals surface area contributed by atoms with Crippen molar-refractivity contribution in [2.75, 3.05) is 13.1 Å². The van der Waals surface area contributed by atoms with Gasteiger partial charge in [0, 0.05) is 0 Å². The number of rotatable bonds is 8. The molecule has 0 fully saturated rings. The molecule has 0 aromatic carbocycles. The van der Waals surface area contributed by atoms with Crippen molar-refractivity contribution in [1.29, 1.82) is 0 Å². The molecule has 0 aromatic rings. The zero-order valence-electron chi connectivity index (χ0n) is 13.0. The summed E-state index contributed by atoms with van der Waals surface area (Å²) in [5.41, 5.74) is 5.11. The number of amides is 2. The highest BCUT2D eigenvalue weighted by atomic mass is 35.5. The van der Waals surface area contributed by atoms with Crippen molar-refractivity contribution >= 4 is 30.2 Å². The summed E-state index contributed by atoms with van der Waals surface area (Å²) in [6, 6.07) is -0.709.